The number of hydrogen-bond donors (Lipinski definition) is 2. The molecule has 1 aliphatic carbocycles. The van der Waals surface area contributed by atoms with Crippen LogP contribution in [0.25, 0.3) is 0 Å². The summed E-state index contributed by atoms with van der Waals surface area (Å²) in [5.74, 6) is 0. The quantitative estimate of drug-likeness (QED) is 0.497. The summed E-state index contributed by atoms with van der Waals surface area (Å²) >= 11 is 0. The van der Waals surface area contributed by atoms with Gasteiger partial charge >= 0.3 is 0 Å². The van der Waals surface area contributed by atoms with Gasteiger partial charge in [-0.3, -0.25) is 10.1 Å². The van der Waals surface area contributed by atoms with Crippen molar-refractivity contribution in [3.8, 4) is 0 Å². The molecule has 21 heavy (non-hydrogen) atoms. The van der Waals surface area contributed by atoms with Crippen molar-refractivity contribution in [1.29, 1.82) is 0 Å². The Balaban J connectivity index is 2.28. The van der Waals surface area contributed by atoms with Crippen molar-refractivity contribution in [2.75, 3.05) is 0 Å². The first-order valence-corrected chi connectivity index (χ1v) is 8.41. The largest absolute Gasteiger partial charge is 0.326 e. The first kappa shape index (κ1) is 15.9. The van der Waals surface area contributed by atoms with Crippen LogP contribution >= 0.6 is 0 Å². The molecule has 3 N–H and O–H groups in total. The molecule has 0 radical (unpaired) electrons. The standard InChI is InChI=1S/C13H19N3O4S/c14-10-6-2-1-3-7-11(10)15-21(19,20)13-9-5-4-8-12(13)16(17)18/h4-5,8-11,15H,1-3,6-7,14H2/t10-,11+/m1/s1. The Morgan fingerprint density at radius 2 is 1.86 bits per heavy atom. The van der Waals surface area contributed by atoms with E-state index in [1.165, 1.54) is 24.3 Å². The third kappa shape index (κ3) is 3.78. The zero-order valence-corrected chi connectivity index (χ0v) is 12.4. The second kappa shape index (κ2) is 6.50. The molecule has 0 heterocycles. The Kier molecular flexibility index (Phi) is 4.92. The minimum absolute atomic E-state index is 0.259. The van der Waals surface area contributed by atoms with E-state index in [1.807, 2.05) is 0 Å². The van der Waals surface area contributed by atoms with Gasteiger partial charge in [-0.2, -0.15) is 0 Å². The first-order chi connectivity index (χ1) is 9.92. The summed E-state index contributed by atoms with van der Waals surface area (Å²) < 4.78 is 27.4. The van der Waals surface area contributed by atoms with Gasteiger partial charge in [-0.25, -0.2) is 13.1 Å². The number of nitro benzene ring substituents is 1. The van der Waals surface area contributed by atoms with Crippen molar-refractivity contribution < 1.29 is 13.3 Å². The fourth-order valence-electron chi connectivity index (χ4n) is 2.58. The van der Waals surface area contributed by atoms with Crippen LogP contribution in [-0.4, -0.2) is 25.4 Å². The molecule has 8 heteroatoms. The molecule has 1 aliphatic rings. The molecular weight excluding hydrogens is 294 g/mol. The summed E-state index contributed by atoms with van der Waals surface area (Å²) in [6.45, 7) is 0. The Morgan fingerprint density at radius 1 is 1.19 bits per heavy atom. The van der Waals surface area contributed by atoms with Crippen molar-refractivity contribution in [2.24, 2.45) is 5.73 Å². The Hall–Kier alpha value is -1.51. The van der Waals surface area contributed by atoms with Crippen LogP contribution in [-0.2, 0) is 10.0 Å². The predicted octanol–water partition coefficient (Wildman–Crippen LogP) is 1.53. The average molecular weight is 313 g/mol. The Morgan fingerprint density at radius 3 is 2.57 bits per heavy atom. The minimum Gasteiger partial charge on any atom is -0.326 e. The number of hydrogen-bond acceptors (Lipinski definition) is 5. The molecule has 0 saturated heterocycles. The molecule has 0 aliphatic heterocycles. The van der Waals surface area contributed by atoms with Crippen molar-refractivity contribution in [3.63, 3.8) is 0 Å². The van der Waals surface area contributed by atoms with Crippen LogP contribution in [0.4, 0.5) is 5.69 Å². The topological polar surface area (TPSA) is 115 Å². The van der Waals surface area contributed by atoms with E-state index in [-0.39, 0.29) is 17.0 Å². The van der Waals surface area contributed by atoms with Gasteiger partial charge in [0, 0.05) is 18.2 Å². The molecule has 0 spiro atoms. The summed E-state index contributed by atoms with van der Waals surface area (Å²) in [7, 11) is -3.96. The van der Waals surface area contributed by atoms with E-state index >= 15 is 0 Å². The van der Waals surface area contributed by atoms with Gasteiger partial charge < -0.3 is 5.73 Å². The summed E-state index contributed by atoms with van der Waals surface area (Å²) in [5, 5.41) is 11.0. The molecule has 2 rings (SSSR count). The van der Waals surface area contributed by atoms with Crippen LogP contribution < -0.4 is 10.5 Å². The van der Waals surface area contributed by atoms with Crippen LogP contribution in [0.1, 0.15) is 32.1 Å². The number of sulfonamides is 1. The molecule has 0 bridgehead atoms. The monoisotopic (exact) mass is 313 g/mol. The maximum Gasteiger partial charge on any atom is 0.289 e. The third-order valence-electron chi connectivity index (χ3n) is 3.73. The molecule has 1 aromatic rings. The van der Waals surface area contributed by atoms with Gasteiger partial charge in [-0.05, 0) is 18.9 Å². The van der Waals surface area contributed by atoms with Crippen molar-refractivity contribution >= 4 is 15.7 Å². The van der Waals surface area contributed by atoms with Crippen LogP contribution in [0, 0.1) is 10.1 Å². The summed E-state index contributed by atoms with van der Waals surface area (Å²) in [4.78, 5) is 9.96. The number of nitrogens with two attached hydrogens (primary N) is 1. The van der Waals surface area contributed by atoms with Gasteiger partial charge in [-0.1, -0.05) is 31.4 Å². The first-order valence-electron chi connectivity index (χ1n) is 6.93. The van der Waals surface area contributed by atoms with Crippen LogP contribution in [0.15, 0.2) is 29.2 Å². The number of nitro groups is 1. The van der Waals surface area contributed by atoms with E-state index in [0.717, 1.165) is 25.7 Å². The van der Waals surface area contributed by atoms with Gasteiger partial charge in [-0.15, -0.1) is 0 Å². The van der Waals surface area contributed by atoms with Gasteiger partial charge in [0.15, 0.2) is 4.90 Å². The summed E-state index contributed by atoms with van der Waals surface area (Å²) in [5.41, 5.74) is 5.58. The van der Waals surface area contributed by atoms with Crippen LogP contribution in [0.3, 0.4) is 0 Å². The SMILES string of the molecule is N[C@@H]1CCCCC[C@@H]1NS(=O)(=O)c1ccccc1[N+](=O)[O-]. The smallest absolute Gasteiger partial charge is 0.289 e. The summed E-state index contributed by atoms with van der Waals surface area (Å²) in [6.07, 6.45) is 4.31. The predicted molar refractivity (Wildman–Crippen MR) is 78.3 cm³/mol. The second-order valence-electron chi connectivity index (χ2n) is 5.25. The molecule has 1 fully saturated rings. The summed E-state index contributed by atoms with van der Waals surface area (Å²) in [6, 6.07) is 4.69. The van der Waals surface area contributed by atoms with E-state index in [0.29, 0.717) is 6.42 Å². The second-order valence-corrected chi connectivity index (χ2v) is 6.94. The zero-order chi connectivity index (χ0) is 15.5. The molecule has 0 unspecified atom stereocenters. The highest BCUT2D eigenvalue weighted by atomic mass is 32.2. The number of nitrogens with one attached hydrogen (secondary N) is 1. The van der Waals surface area contributed by atoms with E-state index in [4.69, 9.17) is 5.73 Å². The van der Waals surface area contributed by atoms with E-state index in [2.05, 4.69) is 4.72 Å². The van der Waals surface area contributed by atoms with Crippen molar-refractivity contribution in [2.45, 2.75) is 49.1 Å². The number of para-hydroxylation sites is 1. The fourth-order valence-corrected chi connectivity index (χ4v) is 4.07. The molecule has 7 nitrogen and oxygen atoms in total. The lowest BCUT2D eigenvalue weighted by molar-refractivity contribution is -0.387. The number of benzene rings is 1. The van der Waals surface area contributed by atoms with Crippen LogP contribution in [0.2, 0.25) is 0 Å². The normalized spacial score (nSPS) is 23.5. The van der Waals surface area contributed by atoms with Gasteiger partial charge in [0.05, 0.1) is 4.92 Å². The Labute approximate surface area is 123 Å². The van der Waals surface area contributed by atoms with Crippen molar-refractivity contribution in [1.82, 2.24) is 4.72 Å². The molecule has 1 aromatic carbocycles. The van der Waals surface area contributed by atoms with Crippen LogP contribution in [0.5, 0.6) is 0 Å². The van der Waals surface area contributed by atoms with E-state index in [9.17, 15) is 18.5 Å². The highest BCUT2D eigenvalue weighted by molar-refractivity contribution is 7.89. The fraction of sp³-hybridized carbons (Fsp3) is 0.538. The van der Waals surface area contributed by atoms with Gasteiger partial charge in [0.1, 0.15) is 0 Å². The maximum atomic E-state index is 12.4. The molecule has 116 valence electrons. The van der Waals surface area contributed by atoms with Gasteiger partial charge in [0.2, 0.25) is 10.0 Å². The highest BCUT2D eigenvalue weighted by Crippen LogP contribution is 2.24. The minimum atomic E-state index is -3.96. The Bertz CT molecular complexity index is 618. The molecule has 2 atom stereocenters. The molecule has 0 aromatic heterocycles. The molecular formula is C13H19N3O4S. The lowest BCUT2D eigenvalue weighted by Gasteiger charge is -2.22. The average Bonchev–Trinajstić information content (AvgIpc) is 2.64. The number of nitrogens with zero attached hydrogens (tertiary/aromatic N) is 1. The van der Waals surface area contributed by atoms with E-state index in [1.54, 1.807) is 0 Å². The number of rotatable bonds is 4. The lowest BCUT2D eigenvalue weighted by Crippen LogP contribution is -2.46. The highest BCUT2D eigenvalue weighted by Gasteiger charge is 2.30. The third-order valence-corrected chi connectivity index (χ3v) is 5.26. The van der Waals surface area contributed by atoms with Gasteiger partial charge in [0.25, 0.3) is 5.69 Å². The van der Waals surface area contributed by atoms with Crippen molar-refractivity contribution in [3.05, 3.63) is 34.4 Å². The molecule has 0 amide bonds. The lowest BCUT2D eigenvalue weighted by atomic mass is 10.1. The maximum absolute atomic E-state index is 12.4. The zero-order valence-electron chi connectivity index (χ0n) is 11.6. The van der Waals surface area contributed by atoms with E-state index < -0.39 is 20.6 Å². The molecule has 1 saturated carbocycles.